The van der Waals surface area contributed by atoms with E-state index in [1.165, 1.54) is 24.2 Å². The number of thiazole rings is 1. The summed E-state index contributed by atoms with van der Waals surface area (Å²) >= 11 is 3.20. The van der Waals surface area contributed by atoms with Gasteiger partial charge in [0.2, 0.25) is 0 Å². The monoisotopic (exact) mass is 419 g/mol. The molecule has 2 aliphatic heterocycles. The Labute approximate surface area is 168 Å². The minimum atomic E-state index is 0. The highest BCUT2D eigenvalue weighted by atomic mass is 35.5. The third-order valence-electron chi connectivity index (χ3n) is 5.04. The summed E-state index contributed by atoms with van der Waals surface area (Å²) in [5, 5.41) is 6.65. The van der Waals surface area contributed by atoms with Crippen LogP contribution in [0.15, 0.2) is 17.5 Å². The average Bonchev–Trinajstić information content (AvgIpc) is 3.26. The number of nitrogens with one attached hydrogen (secondary N) is 1. The zero-order chi connectivity index (χ0) is 16.0. The maximum absolute atomic E-state index is 13.0. The molecule has 0 aliphatic carbocycles. The summed E-state index contributed by atoms with van der Waals surface area (Å²) in [5.41, 5.74) is 0.854. The molecule has 1 amide bonds. The lowest BCUT2D eigenvalue weighted by molar-refractivity contribution is 0.0685. The van der Waals surface area contributed by atoms with Gasteiger partial charge < -0.3 is 10.2 Å². The third-order valence-corrected chi connectivity index (χ3v) is 7.22. The molecule has 0 spiro atoms. The highest BCUT2D eigenvalue weighted by molar-refractivity contribution is 7.22. The predicted octanol–water partition coefficient (Wildman–Crippen LogP) is 4.38. The largest absolute Gasteiger partial charge is 0.338 e. The van der Waals surface area contributed by atoms with Gasteiger partial charge in [-0.05, 0) is 44.1 Å². The van der Waals surface area contributed by atoms with Gasteiger partial charge in [0.25, 0.3) is 5.91 Å². The lowest BCUT2D eigenvalue weighted by atomic mass is 9.98. The molecule has 8 heteroatoms. The van der Waals surface area contributed by atoms with Crippen LogP contribution in [0, 0.1) is 6.92 Å². The molecule has 4 rings (SSSR count). The summed E-state index contributed by atoms with van der Waals surface area (Å²) in [6.07, 6.45) is 4.67. The van der Waals surface area contributed by atoms with Gasteiger partial charge in [0, 0.05) is 25.2 Å². The first-order valence-electron chi connectivity index (χ1n) is 8.16. The first-order chi connectivity index (χ1) is 11.1. The molecule has 4 nitrogen and oxygen atoms in total. The number of aromatic nitrogens is 1. The van der Waals surface area contributed by atoms with E-state index in [9.17, 15) is 4.79 Å². The number of carbonyl (C=O) groups excluding carboxylic acids is 1. The van der Waals surface area contributed by atoms with Crippen LogP contribution in [-0.4, -0.2) is 41.0 Å². The van der Waals surface area contributed by atoms with Crippen LogP contribution in [0.2, 0.25) is 0 Å². The quantitative estimate of drug-likeness (QED) is 0.802. The maximum Gasteiger partial charge on any atom is 0.265 e. The van der Waals surface area contributed by atoms with Crippen molar-refractivity contribution in [3.05, 3.63) is 28.1 Å². The third kappa shape index (κ3) is 4.03. The van der Waals surface area contributed by atoms with Crippen LogP contribution >= 0.6 is 47.5 Å². The number of rotatable bonds is 3. The molecule has 0 radical (unpaired) electrons. The lowest BCUT2D eigenvalue weighted by Crippen LogP contribution is -2.48. The molecule has 0 aromatic carbocycles. The predicted molar refractivity (Wildman–Crippen MR) is 110 cm³/mol. The summed E-state index contributed by atoms with van der Waals surface area (Å²) in [7, 11) is 1.96. The topological polar surface area (TPSA) is 45.2 Å². The Kier molecular flexibility index (Phi) is 6.90. The van der Waals surface area contributed by atoms with Crippen LogP contribution in [0.25, 0.3) is 9.88 Å². The Morgan fingerprint density at radius 1 is 1.28 bits per heavy atom. The molecule has 2 atom stereocenters. The number of thiophene rings is 1. The molecule has 1 N–H and O–H groups in total. The highest BCUT2D eigenvalue weighted by Gasteiger charge is 2.37. The molecule has 2 fully saturated rings. The van der Waals surface area contributed by atoms with E-state index in [-0.39, 0.29) is 30.7 Å². The molecule has 2 bridgehead atoms. The smallest absolute Gasteiger partial charge is 0.265 e. The van der Waals surface area contributed by atoms with Crippen molar-refractivity contribution in [1.29, 1.82) is 0 Å². The summed E-state index contributed by atoms with van der Waals surface area (Å²) in [6.45, 7) is 1.95. The average molecular weight is 420 g/mol. The van der Waals surface area contributed by atoms with E-state index < -0.39 is 0 Å². The van der Waals surface area contributed by atoms with Crippen molar-refractivity contribution in [3.63, 3.8) is 0 Å². The number of aryl methyl sites for hydroxylation is 1. The van der Waals surface area contributed by atoms with Crippen LogP contribution in [0.4, 0.5) is 0 Å². The molecule has 0 saturated carbocycles. The van der Waals surface area contributed by atoms with Gasteiger partial charge >= 0.3 is 0 Å². The summed E-state index contributed by atoms with van der Waals surface area (Å²) in [5.74, 6) is 0.133. The first kappa shape index (κ1) is 20.6. The molecule has 138 valence electrons. The van der Waals surface area contributed by atoms with Gasteiger partial charge in [-0.25, -0.2) is 4.98 Å². The number of fused-ring (bicyclic) bond motifs is 2. The van der Waals surface area contributed by atoms with Crippen molar-refractivity contribution >= 4 is 53.4 Å². The van der Waals surface area contributed by atoms with Gasteiger partial charge in [-0.2, -0.15) is 0 Å². The molecule has 2 aliphatic rings. The lowest BCUT2D eigenvalue weighted by Gasteiger charge is -2.35. The molecule has 2 unspecified atom stereocenters. The van der Waals surface area contributed by atoms with Crippen molar-refractivity contribution in [2.24, 2.45) is 0 Å². The number of nitrogens with zero attached hydrogens (tertiary/aromatic N) is 2. The molecule has 2 aromatic rings. The van der Waals surface area contributed by atoms with Crippen LogP contribution in [0.5, 0.6) is 0 Å². The fourth-order valence-corrected chi connectivity index (χ4v) is 5.62. The number of halogens is 2. The van der Waals surface area contributed by atoms with E-state index in [1.807, 2.05) is 30.3 Å². The molecular weight excluding hydrogens is 397 g/mol. The number of hydrogen-bond acceptors (Lipinski definition) is 5. The molecule has 4 heterocycles. The zero-order valence-electron chi connectivity index (χ0n) is 14.2. The van der Waals surface area contributed by atoms with Crippen LogP contribution in [-0.2, 0) is 0 Å². The van der Waals surface area contributed by atoms with Crippen molar-refractivity contribution in [1.82, 2.24) is 15.2 Å². The second kappa shape index (κ2) is 8.35. The van der Waals surface area contributed by atoms with Gasteiger partial charge in [0.1, 0.15) is 9.88 Å². The van der Waals surface area contributed by atoms with Gasteiger partial charge in [0.15, 0.2) is 0 Å². The Bertz CT molecular complexity index is 708. The Balaban J connectivity index is 0.00000113. The van der Waals surface area contributed by atoms with Crippen molar-refractivity contribution in [3.8, 4) is 9.88 Å². The van der Waals surface area contributed by atoms with E-state index >= 15 is 0 Å². The molecular formula is C17H23Cl2N3OS2. The van der Waals surface area contributed by atoms with Gasteiger partial charge in [-0.3, -0.25) is 4.79 Å². The normalized spacial score (nSPS) is 24.3. The fourth-order valence-electron chi connectivity index (χ4n) is 3.77. The Hall–Kier alpha value is -0.660. The van der Waals surface area contributed by atoms with E-state index in [2.05, 4.69) is 16.4 Å². The summed E-state index contributed by atoms with van der Waals surface area (Å²) < 4.78 is 0. The SMILES string of the molecule is Cc1nc(-c2cccs2)sc1C(=O)N(C)C1CC2CCC(C1)N2.Cl.Cl. The summed E-state index contributed by atoms with van der Waals surface area (Å²) in [4.78, 5) is 21.5. The zero-order valence-corrected chi connectivity index (χ0v) is 17.5. The highest BCUT2D eigenvalue weighted by Crippen LogP contribution is 2.34. The second-order valence-corrected chi connectivity index (χ2v) is 8.54. The van der Waals surface area contributed by atoms with E-state index in [4.69, 9.17) is 0 Å². The first-order valence-corrected chi connectivity index (χ1v) is 9.86. The number of piperidine rings is 1. The number of hydrogen-bond donors (Lipinski definition) is 1. The summed E-state index contributed by atoms with van der Waals surface area (Å²) in [6, 6.07) is 5.63. The fraction of sp³-hybridized carbons (Fsp3) is 0.529. The van der Waals surface area contributed by atoms with Gasteiger partial charge in [0.05, 0.1) is 10.6 Å². The number of amides is 1. The number of carbonyl (C=O) groups is 1. The van der Waals surface area contributed by atoms with E-state index in [1.54, 1.807) is 11.3 Å². The van der Waals surface area contributed by atoms with Gasteiger partial charge in [-0.1, -0.05) is 6.07 Å². The van der Waals surface area contributed by atoms with Crippen LogP contribution in [0.3, 0.4) is 0 Å². The minimum Gasteiger partial charge on any atom is -0.338 e. The minimum absolute atomic E-state index is 0. The molecule has 2 aromatic heterocycles. The maximum atomic E-state index is 13.0. The Morgan fingerprint density at radius 2 is 1.96 bits per heavy atom. The van der Waals surface area contributed by atoms with E-state index in [0.29, 0.717) is 18.1 Å². The van der Waals surface area contributed by atoms with E-state index in [0.717, 1.165) is 33.3 Å². The van der Waals surface area contributed by atoms with Crippen LogP contribution in [0.1, 0.15) is 41.0 Å². The molecule has 2 saturated heterocycles. The Morgan fingerprint density at radius 3 is 2.56 bits per heavy atom. The van der Waals surface area contributed by atoms with Gasteiger partial charge in [-0.15, -0.1) is 47.5 Å². The van der Waals surface area contributed by atoms with Crippen molar-refractivity contribution in [2.75, 3.05) is 7.05 Å². The standard InChI is InChI=1S/C17H21N3OS2.2ClH/c1-10-15(23-16(18-10)14-4-3-7-22-14)17(21)20(2)13-8-11-5-6-12(9-13)19-11;;/h3-4,7,11-13,19H,5-6,8-9H2,1-2H3;2*1H. The molecule has 25 heavy (non-hydrogen) atoms. The second-order valence-electron chi connectivity index (χ2n) is 6.59. The van der Waals surface area contributed by atoms with Crippen molar-refractivity contribution < 1.29 is 4.79 Å². The van der Waals surface area contributed by atoms with Crippen LogP contribution < -0.4 is 5.32 Å². The van der Waals surface area contributed by atoms with Crippen molar-refractivity contribution in [2.45, 2.75) is 50.7 Å².